The first-order chi connectivity index (χ1) is 11.1. The van der Waals surface area contributed by atoms with Crippen LogP contribution in [0.5, 0.6) is 0 Å². The molecule has 0 amide bonds. The summed E-state index contributed by atoms with van der Waals surface area (Å²) in [5.41, 5.74) is -0.720. The van der Waals surface area contributed by atoms with Crippen LogP contribution in [-0.4, -0.2) is 33.3 Å². The number of hydrogen-bond donors (Lipinski definition) is 0. The average molecular weight is 320 g/mol. The average Bonchev–Trinajstić information content (AvgIpc) is 3.26. The van der Waals surface area contributed by atoms with E-state index < -0.39 is 5.67 Å². The van der Waals surface area contributed by atoms with Crippen molar-refractivity contribution < 1.29 is 13.4 Å². The molecule has 0 spiro atoms. The van der Waals surface area contributed by atoms with Crippen LogP contribution in [0.3, 0.4) is 0 Å². The molecule has 1 saturated carbocycles. The Morgan fingerprint density at radius 3 is 2.87 bits per heavy atom. The van der Waals surface area contributed by atoms with Crippen LogP contribution in [0.15, 0.2) is 15.1 Å². The predicted molar refractivity (Wildman–Crippen MR) is 79.4 cm³/mol. The van der Waals surface area contributed by atoms with E-state index in [1.54, 1.807) is 0 Å². The van der Waals surface area contributed by atoms with Gasteiger partial charge in [0.25, 0.3) is 5.89 Å². The quantitative estimate of drug-likeness (QED) is 0.862. The van der Waals surface area contributed by atoms with Crippen molar-refractivity contribution in [1.82, 2.24) is 20.2 Å². The van der Waals surface area contributed by atoms with Crippen LogP contribution in [0.4, 0.5) is 4.39 Å². The first-order valence-corrected chi connectivity index (χ1v) is 8.30. The molecule has 6 nitrogen and oxygen atoms in total. The SMILES string of the molecule is Cc1cc(CN2CCC(F)(c3nc(C4CCCC4)no3)C2)on1. The minimum absolute atomic E-state index is 0.135. The van der Waals surface area contributed by atoms with E-state index in [9.17, 15) is 0 Å². The molecule has 2 aliphatic rings. The highest BCUT2D eigenvalue weighted by Gasteiger charge is 2.45. The molecule has 0 radical (unpaired) electrons. The van der Waals surface area contributed by atoms with Crippen molar-refractivity contribution in [3.63, 3.8) is 0 Å². The van der Waals surface area contributed by atoms with E-state index in [-0.39, 0.29) is 12.4 Å². The lowest BCUT2D eigenvalue weighted by molar-refractivity contribution is 0.113. The molecule has 3 heterocycles. The summed E-state index contributed by atoms with van der Waals surface area (Å²) < 4.78 is 25.7. The van der Waals surface area contributed by atoms with E-state index >= 15 is 4.39 Å². The zero-order valence-corrected chi connectivity index (χ0v) is 13.3. The first-order valence-electron chi connectivity index (χ1n) is 8.30. The second-order valence-corrected chi connectivity index (χ2v) is 6.80. The molecule has 7 heteroatoms. The number of aromatic nitrogens is 3. The summed E-state index contributed by atoms with van der Waals surface area (Å²) in [6.45, 7) is 3.31. The van der Waals surface area contributed by atoms with Crippen molar-refractivity contribution >= 4 is 0 Å². The van der Waals surface area contributed by atoms with Crippen LogP contribution >= 0.6 is 0 Å². The van der Waals surface area contributed by atoms with Gasteiger partial charge in [0.15, 0.2) is 11.6 Å². The molecule has 0 N–H and O–H groups in total. The third-order valence-corrected chi connectivity index (χ3v) is 4.90. The van der Waals surface area contributed by atoms with Gasteiger partial charge < -0.3 is 9.05 Å². The summed E-state index contributed by atoms with van der Waals surface area (Å²) in [4.78, 5) is 6.38. The Bertz CT molecular complexity index is 679. The van der Waals surface area contributed by atoms with Crippen LogP contribution in [0, 0.1) is 6.92 Å². The van der Waals surface area contributed by atoms with Crippen LogP contribution in [0.1, 0.15) is 61.2 Å². The van der Waals surface area contributed by atoms with Gasteiger partial charge in [-0.05, 0) is 19.8 Å². The van der Waals surface area contributed by atoms with Gasteiger partial charge in [-0.15, -0.1) is 0 Å². The van der Waals surface area contributed by atoms with E-state index in [2.05, 4.69) is 15.3 Å². The van der Waals surface area contributed by atoms with Gasteiger partial charge in [-0.25, -0.2) is 4.39 Å². The Hall–Kier alpha value is -1.76. The molecule has 4 rings (SSSR count). The van der Waals surface area contributed by atoms with Crippen molar-refractivity contribution in [1.29, 1.82) is 0 Å². The van der Waals surface area contributed by atoms with Gasteiger partial charge in [0.1, 0.15) is 0 Å². The van der Waals surface area contributed by atoms with Gasteiger partial charge >= 0.3 is 0 Å². The normalized spacial score (nSPS) is 26.3. The highest BCUT2D eigenvalue weighted by molar-refractivity contribution is 5.09. The number of aryl methyl sites for hydroxylation is 1. The van der Waals surface area contributed by atoms with E-state index in [1.165, 1.54) is 12.8 Å². The summed E-state index contributed by atoms with van der Waals surface area (Å²) in [5.74, 6) is 1.91. The molecule has 0 aromatic carbocycles. The maximum absolute atomic E-state index is 15.2. The van der Waals surface area contributed by atoms with Gasteiger partial charge in [0.2, 0.25) is 5.67 Å². The van der Waals surface area contributed by atoms with E-state index in [4.69, 9.17) is 9.05 Å². The van der Waals surface area contributed by atoms with Crippen molar-refractivity contribution in [2.75, 3.05) is 13.1 Å². The Labute approximate surface area is 134 Å². The third-order valence-electron chi connectivity index (χ3n) is 4.90. The molecule has 124 valence electrons. The molecule has 1 aliphatic heterocycles. The number of rotatable bonds is 4. The van der Waals surface area contributed by atoms with Crippen molar-refractivity contribution in [3.05, 3.63) is 29.2 Å². The molecule has 0 bridgehead atoms. The number of nitrogens with zero attached hydrogens (tertiary/aromatic N) is 4. The van der Waals surface area contributed by atoms with Gasteiger partial charge in [0.05, 0.1) is 12.2 Å². The van der Waals surface area contributed by atoms with Gasteiger partial charge in [-0.3, -0.25) is 4.90 Å². The molecular formula is C16H21FN4O2. The molecule has 1 saturated heterocycles. The fraction of sp³-hybridized carbons (Fsp3) is 0.688. The number of hydrogen-bond acceptors (Lipinski definition) is 6. The standard InChI is InChI=1S/C16H21FN4O2/c1-11-8-13(22-19-11)9-21-7-6-16(17,10-21)15-18-14(20-23-15)12-4-2-3-5-12/h8,12H,2-7,9-10H2,1H3. The monoisotopic (exact) mass is 320 g/mol. The number of likely N-dealkylation sites (tertiary alicyclic amines) is 1. The topological polar surface area (TPSA) is 68.2 Å². The maximum atomic E-state index is 15.2. The largest absolute Gasteiger partial charge is 0.360 e. The van der Waals surface area contributed by atoms with E-state index in [0.29, 0.717) is 31.3 Å². The molecule has 23 heavy (non-hydrogen) atoms. The first kappa shape index (κ1) is 14.8. The minimum Gasteiger partial charge on any atom is -0.360 e. The van der Waals surface area contributed by atoms with Gasteiger partial charge in [-0.1, -0.05) is 23.2 Å². The fourth-order valence-electron chi connectivity index (χ4n) is 3.64. The lowest BCUT2D eigenvalue weighted by atomic mass is 10.1. The van der Waals surface area contributed by atoms with Crippen molar-refractivity contribution in [3.8, 4) is 0 Å². The highest BCUT2D eigenvalue weighted by Crippen LogP contribution is 2.38. The Morgan fingerprint density at radius 1 is 1.30 bits per heavy atom. The summed E-state index contributed by atoms with van der Waals surface area (Å²) in [6, 6.07) is 1.88. The zero-order valence-electron chi connectivity index (χ0n) is 13.3. The van der Waals surface area contributed by atoms with Crippen LogP contribution in [-0.2, 0) is 12.2 Å². The molecule has 2 fully saturated rings. The molecule has 1 atom stereocenters. The summed E-state index contributed by atoms with van der Waals surface area (Å²) in [7, 11) is 0. The summed E-state index contributed by atoms with van der Waals surface area (Å²) in [5, 5.41) is 7.89. The van der Waals surface area contributed by atoms with Crippen LogP contribution < -0.4 is 0 Å². The van der Waals surface area contributed by atoms with Crippen molar-refractivity contribution in [2.24, 2.45) is 0 Å². The Balaban J connectivity index is 1.44. The maximum Gasteiger partial charge on any atom is 0.265 e. The predicted octanol–water partition coefficient (Wildman–Crippen LogP) is 3.09. The second-order valence-electron chi connectivity index (χ2n) is 6.80. The Morgan fingerprint density at radius 2 is 2.13 bits per heavy atom. The van der Waals surface area contributed by atoms with Gasteiger partial charge in [-0.2, -0.15) is 4.98 Å². The zero-order chi connectivity index (χ0) is 15.9. The smallest absolute Gasteiger partial charge is 0.265 e. The lowest BCUT2D eigenvalue weighted by Crippen LogP contribution is -2.27. The summed E-state index contributed by atoms with van der Waals surface area (Å²) in [6.07, 6.45) is 4.91. The summed E-state index contributed by atoms with van der Waals surface area (Å²) >= 11 is 0. The van der Waals surface area contributed by atoms with Crippen LogP contribution in [0.25, 0.3) is 0 Å². The van der Waals surface area contributed by atoms with E-state index in [0.717, 1.165) is 24.3 Å². The van der Waals surface area contributed by atoms with Gasteiger partial charge in [0, 0.05) is 31.5 Å². The van der Waals surface area contributed by atoms with Crippen molar-refractivity contribution in [2.45, 2.75) is 57.2 Å². The number of halogens is 1. The molecule has 2 aromatic rings. The molecule has 1 aliphatic carbocycles. The minimum atomic E-state index is -1.56. The highest BCUT2D eigenvalue weighted by atomic mass is 19.1. The third kappa shape index (κ3) is 2.89. The molecule has 2 aromatic heterocycles. The second kappa shape index (κ2) is 5.70. The molecular weight excluding hydrogens is 299 g/mol. The Kier molecular flexibility index (Phi) is 3.67. The lowest BCUT2D eigenvalue weighted by Gasteiger charge is -2.16. The van der Waals surface area contributed by atoms with E-state index in [1.807, 2.05) is 17.9 Å². The number of alkyl halides is 1. The fourth-order valence-corrected chi connectivity index (χ4v) is 3.64. The molecule has 1 unspecified atom stereocenters. The van der Waals surface area contributed by atoms with Crippen LogP contribution in [0.2, 0.25) is 0 Å².